The molecule has 1 unspecified atom stereocenters. The zero-order chi connectivity index (χ0) is 10.8. The van der Waals surface area contributed by atoms with E-state index in [-0.39, 0.29) is 12.1 Å². The molecule has 0 spiro atoms. The highest BCUT2D eigenvalue weighted by Gasteiger charge is 2.23. The van der Waals surface area contributed by atoms with E-state index in [0.717, 1.165) is 18.7 Å². The summed E-state index contributed by atoms with van der Waals surface area (Å²) < 4.78 is 5.13. The minimum absolute atomic E-state index is 0.00449. The van der Waals surface area contributed by atoms with Crippen LogP contribution in [0.2, 0.25) is 0 Å². The maximum atomic E-state index is 11.4. The van der Waals surface area contributed by atoms with E-state index in [1.165, 1.54) is 0 Å². The summed E-state index contributed by atoms with van der Waals surface area (Å²) in [7, 11) is 0. The average Bonchev–Trinajstić information content (AvgIpc) is 2.32. The van der Waals surface area contributed by atoms with Crippen molar-refractivity contribution < 1.29 is 9.53 Å². The third-order valence-electron chi connectivity index (χ3n) is 1.88. The average molecular weight is 198 g/mol. The van der Waals surface area contributed by atoms with Crippen molar-refractivity contribution in [1.29, 1.82) is 0 Å². The van der Waals surface area contributed by atoms with Crippen molar-refractivity contribution >= 4 is 6.09 Å². The predicted octanol–water partition coefficient (Wildman–Crippen LogP) is 1.04. The van der Waals surface area contributed by atoms with Crippen LogP contribution in [0.25, 0.3) is 0 Å². The number of amides is 1. The molecule has 1 atom stereocenters. The fourth-order valence-corrected chi connectivity index (χ4v) is 1.25. The Bertz CT molecular complexity index is 243. The van der Waals surface area contributed by atoms with Gasteiger partial charge >= 0.3 is 6.09 Å². The molecule has 0 aromatic carbocycles. The molecule has 1 aliphatic heterocycles. The molecular weight excluding hydrogens is 180 g/mol. The molecule has 0 bridgehead atoms. The summed E-state index contributed by atoms with van der Waals surface area (Å²) >= 11 is 0. The van der Waals surface area contributed by atoms with Gasteiger partial charge in [0.05, 0.1) is 6.04 Å². The van der Waals surface area contributed by atoms with Crippen LogP contribution in [0.5, 0.6) is 0 Å². The van der Waals surface area contributed by atoms with E-state index in [9.17, 15) is 4.79 Å². The number of ether oxygens (including phenoxy) is 1. The smallest absolute Gasteiger partial charge is 0.408 e. The van der Waals surface area contributed by atoms with Crippen LogP contribution in [0.1, 0.15) is 20.8 Å². The lowest BCUT2D eigenvalue weighted by Crippen LogP contribution is -2.40. The van der Waals surface area contributed by atoms with E-state index in [4.69, 9.17) is 4.74 Å². The Kier molecular flexibility index (Phi) is 3.16. The largest absolute Gasteiger partial charge is 0.444 e. The van der Waals surface area contributed by atoms with Gasteiger partial charge in [-0.3, -0.25) is 0 Å². The molecule has 0 radical (unpaired) electrons. The molecule has 0 saturated carbocycles. The zero-order valence-electron chi connectivity index (χ0n) is 9.02. The van der Waals surface area contributed by atoms with Crippen molar-refractivity contribution in [1.82, 2.24) is 10.6 Å². The van der Waals surface area contributed by atoms with Crippen molar-refractivity contribution in [3.05, 3.63) is 12.2 Å². The molecule has 14 heavy (non-hydrogen) atoms. The van der Waals surface area contributed by atoms with Crippen molar-refractivity contribution in [3.8, 4) is 0 Å². The van der Waals surface area contributed by atoms with Gasteiger partial charge in [0.1, 0.15) is 5.60 Å². The Balaban J connectivity index is 2.37. The van der Waals surface area contributed by atoms with Gasteiger partial charge in [0.25, 0.3) is 0 Å². The molecule has 1 rings (SSSR count). The highest BCUT2D eigenvalue weighted by atomic mass is 16.6. The molecule has 1 fully saturated rings. The van der Waals surface area contributed by atoms with Gasteiger partial charge in [-0.25, -0.2) is 4.79 Å². The van der Waals surface area contributed by atoms with Crippen LogP contribution in [0.15, 0.2) is 12.2 Å². The number of nitrogens with one attached hydrogen (secondary N) is 2. The number of rotatable bonds is 1. The molecule has 1 aliphatic rings. The first kappa shape index (κ1) is 11.0. The molecule has 1 saturated heterocycles. The first-order chi connectivity index (χ1) is 6.38. The third kappa shape index (κ3) is 3.38. The van der Waals surface area contributed by atoms with Crippen molar-refractivity contribution in [2.24, 2.45) is 0 Å². The number of hydrogen-bond acceptors (Lipinski definition) is 3. The number of carbonyl (C=O) groups excluding carboxylic acids is 1. The molecule has 2 N–H and O–H groups in total. The molecule has 80 valence electrons. The van der Waals surface area contributed by atoms with Crippen LogP contribution in [0, 0.1) is 0 Å². The van der Waals surface area contributed by atoms with E-state index in [1.807, 2.05) is 20.8 Å². The van der Waals surface area contributed by atoms with E-state index < -0.39 is 5.60 Å². The lowest BCUT2D eigenvalue weighted by molar-refractivity contribution is 0.0515. The summed E-state index contributed by atoms with van der Waals surface area (Å²) in [6, 6.07) is 0.00449. The van der Waals surface area contributed by atoms with E-state index in [2.05, 4.69) is 17.2 Å². The highest BCUT2D eigenvalue weighted by molar-refractivity contribution is 5.68. The number of carbonyl (C=O) groups is 1. The molecule has 0 aliphatic carbocycles. The first-order valence-electron chi connectivity index (χ1n) is 4.76. The molecule has 0 aromatic rings. The normalized spacial score (nSPS) is 22.2. The van der Waals surface area contributed by atoms with Gasteiger partial charge in [-0.1, -0.05) is 6.58 Å². The van der Waals surface area contributed by atoms with Gasteiger partial charge in [-0.15, -0.1) is 0 Å². The summed E-state index contributed by atoms with van der Waals surface area (Å²) in [5.74, 6) is 0. The van der Waals surface area contributed by atoms with E-state index in [1.54, 1.807) is 0 Å². The van der Waals surface area contributed by atoms with Crippen LogP contribution in [0.3, 0.4) is 0 Å². The second-order valence-electron chi connectivity index (χ2n) is 4.49. The third-order valence-corrected chi connectivity index (χ3v) is 1.88. The topological polar surface area (TPSA) is 50.4 Å². The second kappa shape index (κ2) is 4.00. The zero-order valence-corrected chi connectivity index (χ0v) is 9.02. The maximum Gasteiger partial charge on any atom is 0.408 e. The van der Waals surface area contributed by atoms with Crippen molar-refractivity contribution in [2.45, 2.75) is 32.4 Å². The SMILES string of the molecule is C=C1CNCC1NC(=O)OC(C)(C)C. The Morgan fingerprint density at radius 1 is 1.64 bits per heavy atom. The molecule has 1 heterocycles. The minimum Gasteiger partial charge on any atom is -0.444 e. The monoisotopic (exact) mass is 198 g/mol. The van der Waals surface area contributed by atoms with Crippen LogP contribution in [-0.4, -0.2) is 30.8 Å². The van der Waals surface area contributed by atoms with Gasteiger partial charge in [-0.05, 0) is 26.3 Å². The van der Waals surface area contributed by atoms with Crippen LogP contribution in [0.4, 0.5) is 4.79 Å². The predicted molar refractivity (Wildman–Crippen MR) is 55.2 cm³/mol. The van der Waals surface area contributed by atoms with Gasteiger partial charge in [0, 0.05) is 13.1 Å². The fraction of sp³-hybridized carbons (Fsp3) is 0.700. The molecule has 1 amide bonds. The van der Waals surface area contributed by atoms with Gasteiger partial charge in [0.2, 0.25) is 0 Å². The second-order valence-corrected chi connectivity index (χ2v) is 4.49. The first-order valence-corrected chi connectivity index (χ1v) is 4.76. The summed E-state index contributed by atoms with van der Waals surface area (Å²) in [6.07, 6.45) is -0.382. The summed E-state index contributed by atoms with van der Waals surface area (Å²) in [6.45, 7) is 10.9. The molecule has 4 nitrogen and oxygen atoms in total. The lowest BCUT2D eigenvalue weighted by atomic mass is 10.2. The Morgan fingerprint density at radius 3 is 2.71 bits per heavy atom. The Morgan fingerprint density at radius 2 is 2.29 bits per heavy atom. The lowest BCUT2D eigenvalue weighted by Gasteiger charge is -2.21. The van der Waals surface area contributed by atoms with Crippen molar-refractivity contribution in [2.75, 3.05) is 13.1 Å². The van der Waals surface area contributed by atoms with Gasteiger partial charge in [-0.2, -0.15) is 0 Å². The summed E-state index contributed by atoms with van der Waals surface area (Å²) in [4.78, 5) is 11.4. The number of alkyl carbamates (subject to hydrolysis) is 1. The quantitative estimate of drug-likeness (QED) is 0.619. The van der Waals surface area contributed by atoms with Crippen LogP contribution >= 0.6 is 0 Å². The number of hydrogen-bond donors (Lipinski definition) is 2. The molecule has 4 heteroatoms. The fourth-order valence-electron chi connectivity index (χ4n) is 1.25. The van der Waals surface area contributed by atoms with Crippen molar-refractivity contribution in [3.63, 3.8) is 0 Å². The molecule has 0 aromatic heterocycles. The Hall–Kier alpha value is -1.03. The van der Waals surface area contributed by atoms with E-state index in [0.29, 0.717) is 0 Å². The minimum atomic E-state index is -0.447. The highest BCUT2D eigenvalue weighted by Crippen LogP contribution is 2.09. The Labute approximate surface area is 84.7 Å². The van der Waals surface area contributed by atoms with Crippen LogP contribution < -0.4 is 10.6 Å². The summed E-state index contributed by atoms with van der Waals surface area (Å²) in [5, 5.41) is 5.88. The van der Waals surface area contributed by atoms with Gasteiger partial charge < -0.3 is 15.4 Å². The summed E-state index contributed by atoms with van der Waals surface area (Å²) in [5.41, 5.74) is 0.549. The van der Waals surface area contributed by atoms with Gasteiger partial charge in [0.15, 0.2) is 0 Å². The van der Waals surface area contributed by atoms with Crippen LogP contribution in [-0.2, 0) is 4.74 Å². The standard InChI is InChI=1S/C10H18N2O2/c1-7-5-11-6-8(7)12-9(13)14-10(2,3)4/h8,11H,1,5-6H2,2-4H3,(H,12,13). The molecular formula is C10H18N2O2. The van der Waals surface area contributed by atoms with E-state index >= 15 is 0 Å². The maximum absolute atomic E-state index is 11.4.